The van der Waals surface area contributed by atoms with Gasteiger partial charge in [0.2, 0.25) is 0 Å². The average molecular weight is 528 g/mol. The zero-order chi connectivity index (χ0) is 24.9. The summed E-state index contributed by atoms with van der Waals surface area (Å²) in [5.74, 6) is 0.980. The lowest BCUT2D eigenvalue weighted by molar-refractivity contribution is -0.122. The van der Waals surface area contributed by atoms with Crippen LogP contribution in [0.4, 0.5) is 0 Å². The van der Waals surface area contributed by atoms with Crippen LogP contribution in [0.2, 0.25) is 0 Å². The van der Waals surface area contributed by atoms with E-state index in [2.05, 4.69) is 43.3 Å². The molecule has 3 aromatic carbocycles. The highest BCUT2D eigenvalue weighted by Crippen LogP contribution is 2.35. The number of thiocarbonyl (C=S) groups is 1. The van der Waals surface area contributed by atoms with Gasteiger partial charge in [0.25, 0.3) is 5.91 Å². The molecule has 7 heteroatoms. The van der Waals surface area contributed by atoms with Gasteiger partial charge in [-0.15, -0.1) is 11.8 Å². The summed E-state index contributed by atoms with van der Waals surface area (Å²) in [6, 6.07) is 28.6. The number of carbonyl (C=O) groups is 1. The third-order valence-corrected chi connectivity index (χ3v) is 8.10. The predicted octanol–water partition coefficient (Wildman–Crippen LogP) is 7.10. The highest BCUT2D eigenvalue weighted by Gasteiger charge is 2.32. The van der Waals surface area contributed by atoms with Crippen molar-refractivity contribution in [1.29, 1.82) is 0 Å². The second-order valence-corrected chi connectivity index (χ2v) is 11.3. The van der Waals surface area contributed by atoms with Gasteiger partial charge in [0.05, 0.1) is 16.3 Å². The van der Waals surface area contributed by atoms with Crippen molar-refractivity contribution in [3.8, 4) is 16.9 Å². The van der Waals surface area contributed by atoms with Crippen molar-refractivity contribution in [2.45, 2.75) is 18.2 Å². The van der Waals surface area contributed by atoms with Gasteiger partial charge in [0, 0.05) is 28.8 Å². The first-order valence-corrected chi connectivity index (χ1v) is 14.0. The number of hydrogen-bond acceptors (Lipinski definition) is 5. The van der Waals surface area contributed by atoms with Crippen LogP contribution in [0.1, 0.15) is 18.1 Å². The van der Waals surface area contributed by atoms with E-state index in [0.29, 0.717) is 15.8 Å². The molecule has 0 N–H and O–H groups in total. The fraction of sp³-hybridized carbons (Fsp3) is 0.138. The van der Waals surface area contributed by atoms with Crippen LogP contribution in [0, 0.1) is 0 Å². The standard InChI is InChI=1S/C29H25N3OS3/c1-2-35-25-15-13-22(14-16-25)27-23(20-32(30-27)24-11-7-4-8-12-24)19-26-28(33)31(29(34)36-26)18-17-21-9-5-3-6-10-21/h3-16,19-20H,2,17-18H2,1H3/b26-19-. The maximum absolute atomic E-state index is 13.3. The van der Waals surface area contributed by atoms with Gasteiger partial charge in [-0.1, -0.05) is 91.6 Å². The summed E-state index contributed by atoms with van der Waals surface area (Å²) in [6.07, 6.45) is 4.67. The normalized spacial score (nSPS) is 14.7. The maximum atomic E-state index is 13.3. The minimum Gasteiger partial charge on any atom is -0.293 e. The molecule has 2 heterocycles. The van der Waals surface area contributed by atoms with Gasteiger partial charge < -0.3 is 0 Å². The van der Waals surface area contributed by atoms with E-state index < -0.39 is 0 Å². The minimum absolute atomic E-state index is 0.0472. The lowest BCUT2D eigenvalue weighted by atomic mass is 10.1. The Bertz CT molecular complexity index is 1400. The van der Waals surface area contributed by atoms with Gasteiger partial charge in [-0.25, -0.2) is 4.68 Å². The second-order valence-electron chi connectivity index (χ2n) is 8.24. The van der Waals surface area contributed by atoms with Gasteiger partial charge in [0.1, 0.15) is 4.32 Å². The van der Waals surface area contributed by atoms with E-state index in [1.165, 1.54) is 22.2 Å². The highest BCUT2D eigenvalue weighted by atomic mass is 32.2. The largest absolute Gasteiger partial charge is 0.293 e. The molecule has 0 radical (unpaired) electrons. The highest BCUT2D eigenvalue weighted by molar-refractivity contribution is 8.26. The molecular weight excluding hydrogens is 503 g/mol. The molecule has 1 aromatic heterocycles. The summed E-state index contributed by atoms with van der Waals surface area (Å²) in [5, 5.41) is 4.91. The molecule has 0 unspecified atom stereocenters. The van der Waals surface area contributed by atoms with E-state index in [9.17, 15) is 4.79 Å². The van der Waals surface area contributed by atoms with Gasteiger partial charge in [0.15, 0.2) is 0 Å². The van der Waals surface area contributed by atoms with Gasteiger partial charge in [-0.3, -0.25) is 9.69 Å². The molecule has 4 aromatic rings. The van der Waals surface area contributed by atoms with Crippen LogP contribution < -0.4 is 0 Å². The van der Waals surface area contributed by atoms with E-state index in [1.807, 2.05) is 77.2 Å². The smallest absolute Gasteiger partial charge is 0.266 e. The van der Waals surface area contributed by atoms with Crippen LogP contribution in [0.15, 0.2) is 101 Å². The molecule has 1 aliphatic heterocycles. The maximum Gasteiger partial charge on any atom is 0.266 e. The number of aromatic nitrogens is 2. The summed E-state index contributed by atoms with van der Waals surface area (Å²) in [6.45, 7) is 2.72. The summed E-state index contributed by atoms with van der Waals surface area (Å²) in [5.41, 5.74) is 4.88. The third kappa shape index (κ3) is 5.48. The molecule has 5 rings (SSSR count). The third-order valence-electron chi connectivity index (χ3n) is 5.83. The van der Waals surface area contributed by atoms with E-state index in [0.717, 1.165) is 34.7 Å². The van der Waals surface area contributed by atoms with Crippen LogP contribution in [-0.4, -0.2) is 37.2 Å². The van der Waals surface area contributed by atoms with Crippen LogP contribution in [-0.2, 0) is 11.2 Å². The Morgan fingerprint density at radius 1 is 0.972 bits per heavy atom. The monoisotopic (exact) mass is 527 g/mol. The van der Waals surface area contributed by atoms with Crippen molar-refractivity contribution in [2.75, 3.05) is 12.3 Å². The number of hydrogen-bond donors (Lipinski definition) is 0. The Morgan fingerprint density at radius 3 is 2.36 bits per heavy atom. The van der Waals surface area contributed by atoms with E-state index in [1.54, 1.807) is 4.90 Å². The minimum atomic E-state index is -0.0472. The first-order valence-electron chi connectivity index (χ1n) is 11.8. The quantitative estimate of drug-likeness (QED) is 0.139. The Kier molecular flexibility index (Phi) is 7.70. The average Bonchev–Trinajstić information content (AvgIpc) is 3.45. The Labute approximate surface area is 225 Å². The van der Waals surface area contributed by atoms with Crippen molar-refractivity contribution in [3.63, 3.8) is 0 Å². The Morgan fingerprint density at radius 2 is 1.67 bits per heavy atom. The van der Waals surface area contributed by atoms with Crippen molar-refractivity contribution in [3.05, 3.63) is 107 Å². The number of carbonyl (C=O) groups excluding carboxylic acids is 1. The van der Waals surface area contributed by atoms with Gasteiger partial charge >= 0.3 is 0 Å². The number of nitrogens with zero attached hydrogens (tertiary/aromatic N) is 3. The molecule has 0 spiro atoms. The summed E-state index contributed by atoms with van der Waals surface area (Å²) in [7, 11) is 0. The number of rotatable bonds is 8. The van der Waals surface area contributed by atoms with Crippen molar-refractivity contribution in [1.82, 2.24) is 14.7 Å². The Hall–Kier alpha value is -3.13. The second kappa shape index (κ2) is 11.3. The molecule has 0 bridgehead atoms. The fourth-order valence-electron chi connectivity index (χ4n) is 4.03. The number of thioether (sulfide) groups is 2. The lowest BCUT2D eigenvalue weighted by Crippen LogP contribution is -2.30. The molecule has 0 aliphatic carbocycles. The molecule has 1 amide bonds. The zero-order valence-corrected chi connectivity index (χ0v) is 22.3. The predicted molar refractivity (Wildman–Crippen MR) is 155 cm³/mol. The SMILES string of the molecule is CCSc1ccc(-c2nn(-c3ccccc3)cc2/C=C2\SC(=S)N(CCc3ccccc3)C2=O)cc1. The van der Waals surface area contributed by atoms with E-state index >= 15 is 0 Å². The number of benzene rings is 3. The van der Waals surface area contributed by atoms with Crippen molar-refractivity contribution < 1.29 is 4.79 Å². The summed E-state index contributed by atoms with van der Waals surface area (Å²) in [4.78, 5) is 16.9. The summed E-state index contributed by atoms with van der Waals surface area (Å²) >= 11 is 8.75. The van der Waals surface area contributed by atoms with Gasteiger partial charge in [-0.05, 0) is 48.1 Å². The molecule has 0 atom stereocenters. The van der Waals surface area contributed by atoms with Gasteiger partial charge in [-0.2, -0.15) is 5.10 Å². The molecule has 1 fully saturated rings. The molecule has 36 heavy (non-hydrogen) atoms. The molecule has 1 saturated heterocycles. The fourth-order valence-corrected chi connectivity index (χ4v) is 5.99. The molecule has 1 aliphatic rings. The van der Waals surface area contributed by atoms with E-state index in [4.69, 9.17) is 17.3 Å². The van der Waals surface area contributed by atoms with Crippen molar-refractivity contribution >= 4 is 52.0 Å². The van der Waals surface area contributed by atoms with Crippen LogP contribution in [0.25, 0.3) is 23.0 Å². The topological polar surface area (TPSA) is 38.1 Å². The van der Waals surface area contributed by atoms with Crippen LogP contribution in [0.3, 0.4) is 0 Å². The first-order chi connectivity index (χ1) is 17.6. The first kappa shape index (κ1) is 24.6. The van der Waals surface area contributed by atoms with Crippen LogP contribution in [0.5, 0.6) is 0 Å². The summed E-state index contributed by atoms with van der Waals surface area (Å²) < 4.78 is 2.46. The molecule has 0 saturated carbocycles. The molecule has 180 valence electrons. The zero-order valence-electron chi connectivity index (χ0n) is 19.8. The molecule has 4 nitrogen and oxygen atoms in total. The van der Waals surface area contributed by atoms with Crippen molar-refractivity contribution in [2.24, 2.45) is 0 Å². The van der Waals surface area contributed by atoms with Crippen LogP contribution >= 0.6 is 35.7 Å². The lowest BCUT2D eigenvalue weighted by Gasteiger charge is -2.14. The van der Waals surface area contributed by atoms with E-state index in [-0.39, 0.29) is 5.91 Å². The number of amides is 1. The molecular formula is C29H25N3OS3. The Balaban J connectivity index is 1.46. The number of para-hydroxylation sites is 1.